The first-order chi connectivity index (χ1) is 12.6. The fourth-order valence-electron chi connectivity index (χ4n) is 4.41. The average Bonchev–Trinajstić information content (AvgIpc) is 2.68. The van der Waals surface area contributed by atoms with Gasteiger partial charge in [-0.2, -0.15) is 0 Å². The Morgan fingerprint density at radius 1 is 0.731 bits per heavy atom. The molecule has 2 aromatic rings. The number of carbonyl (C=O) groups is 3. The second kappa shape index (κ2) is 6.81. The first-order valence-corrected chi connectivity index (χ1v) is 9.41. The number of carbonyl (C=O) groups excluding carboxylic acids is 3. The summed E-state index contributed by atoms with van der Waals surface area (Å²) in [6.45, 7) is 0. The smallest absolute Gasteiger partial charge is 0.230 e. The minimum atomic E-state index is -0.802. The van der Waals surface area contributed by atoms with Gasteiger partial charge in [-0.1, -0.05) is 48.0 Å². The molecule has 1 saturated carbocycles. The summed E-state index contributed by atoms with van der Waals surface area (Å²) in [7, 11) is 0. The Labute approximate surface area is 157 Å². The third-order valence-electron chi connectivity index (χ3n) is 5.81. The lowest BCUT2D eigenvalue weighted by molar-refractivity contribution is -0.119. The molecule has 2 aliphatic rings. The maximum atomic E-state index is 12.9. The van der Waals surface area contributed by atoms with Crippen molar-refractivity contribution in [1.29, 1.82) is 0 Å². The summed E-state index contributed by atoms with van der Waals surface area (Å²) in [5, 5.41) is 0.720. The molecule has 1 atom stereocenters. The van der Waals surface area contributed by atoms with Crippen LogP contribution >= 0.6 is 11.6 Å². The van der Waals surface area contributed by atoms with Crippen molar-refractivity contribution in [2.75, 3.05) is 0 Å². The number of hydrogen-bond acceptors (Lipinski definition) is 3. The largest absolute Gasteiger partial charge is 0.293 e. The Hall–Kier alpha value is -2.26. The standard InChI is InChI=1S/C22H19ClO3/c23-16-11-9-14(10-12-16)13-5-7-15(8-6-13)19-20(24)17-3-1-2-4-18(17)21(25)22(19)26/h1-4,9-13,15,19H,5-8H2. The molecule has 2 aliphatic carbocycles. The third kappa shape index (κ3) is 2.90. The number of Topliss-reactive ketones (excluding diaryl/α,β-unsaturated/α-hetero) is 3. The minimum Gasteiger partial charge on any atom is -0.293 e. The van der Waals surface area contributed by atoms with Gasteiger partial charge < -0.3 is 0 Å². The summed E-state index contributed by atoms with van der Waals surface area (Å²) < 4.78 is 0. The van der Waals surface area contributed by atoms with Crippen molar-refractivity contribution in [2.45, 2.75) is 31.6 Å². The third-order valence-corrected chi connectivity index (χ3v) is 6.06. The van der Waals surface area contributed by atoms with Gasteiger partial charge in [-0.15, -0.1) is 0 Å². The molecule has 0 heterocycles. The second-order valence-corrected chi connectivity index (χ2v) is 7.68. The van der Waals surface area contributed by atoms with Crippen LogP contribution in [0.25, 0.3) is 0 Å². The van der Waals surface area contributed by atoms with Crippen LogP contribution in [0.3, 0.4) is 0 Å². The van der Waals surface area contributed by atoms with Gasteiger partial charge in [0, 0.05) is 16.1 Å². The van der Waals surface area contributed by atoms with E-state index in [1.165, 1.54) is 5.56 Å². The fraction of sp³-hybridized carbons (Fsp3) is 0.318. The van der Waals surface area contributed by atoms with Gasteiger partial charge in [-0.3, -0.25) is 14.4 Å². The predicted octanol–water partition coefficient (Wildman–Crippen LogP) is 4.88. The van der Waals surface area contributed by atoms with Gasteiger partial charge in [0.05, 0.1) is 5.92 Å². The molecule has 1 unspecified atom stereocenters. The SMILES string of the molecule is O=C1C(=O)C(C2CCC(c3ccc(Cl)cc3)CC2)C(=O)c2ccccc21. The maximum absolute atomic E-state index is 12.9. The summed E-state index contributed by atoms with van der Waals surface area (Å²) in [6, 6.07) is 14.5. The summed E-state index contributed by atoms with van der Waals surface area (Å²) in [6.07, 6.45) is 3.40. The molecule has 0 radical (unpaired) electrons. The van der Waals surface area contributed by atoms with Crippen LogP contribution in [0.2, 0.25) is 5.02 Å². The van der Waals surface area contributed by atoms with E-state index in [0.717, 1.165) is 30.7 Å². The highest BCUT2D eigenvalue weighted by atomic mass is 35.5. The molecule has 0 saturated heterocycles. The van der Waals surface area contributed by atoms with E-state index >= 15 is 0 Å². The molecule has 0 spiro atoms. The lowest BCUT2D eigenvalue weighted by atomic mass is 9.67. The summed E-state index contributed by atoms with van der Waals surface area (Å²) in [4.78, 5) is 37.9. The maximum Gasteiger partial charge on any atom is 0.230 e. The lowest BCUT2D eigenvalue weighted by Crippen LogP contribution is -2.42. The van der Waals surface area contributed by atoms with E-state index < -0.39 is 17.5 Å². The van der Waals surface area contributed by atoms with Crippen LogP contribution in [0.1, 0.15) is 57.9 Å². The number of fused-ring (bicyclic) bond motifs is 1. The van der Waals surface area contributed by atoms with Gasteiger partial charge in [-0.05, 0) is 55.2 Å². The van der Waals surface area contributed by atoms with Gasteiger partial charge in [0.2, 0.25) is 11.6 Å². The highest BCUT2D eigenvalue weighted by molar-refractivity contribution is 6.51. The lowest BCUT2D eigenvalue weighted by Gasteiger charge is -2.34. The Bertz CT molecular complexity index is 877. The van der Waals surface area contributed by atoms with Crippen LogP contribution in [-0.2, 0) is 4.79 Å². The molecular weight excluding hydrogens is 348 g/mol. The number of benzene rings is 2. The van der Waals surface area contributed by atoms with Crippen LogP contribution in [0, 0.1) is 11.8 Å². The highest BCUT2D eigenvalue weighted by Crippen LogP contribution is 2.41. The first kappa shape index (κ1) is 17.2. The molecule has 0 aliphatic heterocycles. The number of rotatable bonds is 2. The fourth-order valence-corrected chi connectivity index (χ4v) is 4.53. The van der Waals surface area contributed by atoms with Crippen molar-refractivity contribution in [3.63, 3.8) is 0 Å². The average molecular weight is 367 g/mol. The van der Waals surface area contributed by atoms with Gasteiger partial charge >= 0.3 is 0 Å². The molecule has 0 amide bonds. The first-order valence-electron chi connectivity index (χ1n) is 9.03. The van der Waals surface area contributed by atoms with Crippen LogP contribution in [0.15, 0.2) is 48.5 Å². The molecule has 3 nitrogen and oxygen atoms in total. The highest BCUT2D eigenvalue weighted by Gasteiger charge is 2.45. The van der Waals surface area contributed by atoms with Crippen molar-refractivity contribution in [3.05, 3.63) is 70.2 Å². The van der Waals surface area contributed by atoms with Crippen LogP contribution in [-0.4, -0.2) is 17.3 Å². The Morgan fingerprint density at radius 2 is 1.35 bits per heavy atom. The predicted molar refractivity (Wildman–Crippen MR) is 99.8 cm³/mol. The van der Waals surface area contributed by atoms with Crippen molar-refractivity contribution in [1.82, 2.24) is 0 Å². The second-order valence-electron chi connectivity index (χ2n) is 7.24. The van der Waals surface area contributed by atoms with Gasteiger partial charge in [0.25, 0.3) is 0 Å². The molecule has 0 bridgehead atoms. The molecule has 26 heavy (non-hydrogen) atoms. The van der Waals surface area contributed by atoms with E-state index in [4.69, 9.17) is 11.6 Å². The van der Waals surface area contributed by atoms with Crippen LogP contribution in [0.5, 0.6) is 0 Å². The van der Waals surface area contributed by atoms with Gasteiger partial charge in [-0.25, -0.2) is 0 Å². The van der Waals surface area contributed by atoms with E-state index in [9.17, 15) is 14.4 Å². The van der Waals surface area contributed by atoms with Gasteiger partial charge in [0.15, 0.2) is 5.78 Å². The molecule has 1 fully saturated rings. The van der Waals surface area contributed by atoms with E-state index in [1.807, 2.05) is 24.3 Å². The summed E-state index contributed by atoms with van der Waals surface area (Å²) >= 11 is 5.96. The quantitative estimate of drug-likeness (QED) is 0.562. The van der Waals surface area contributed by atoms with Crippen molar-refractivity contribution in [3.8, 4) is 0 Å². The Kier molecular flexibility index (Phi) is 4.49. The van der Waals surface area contributed by atoms with Crippen LogP contribution in [0.4, 0.5) is 0 Å². The summed E-state index contributed by atoms with van der Waals surface area (Å²) in [5.74, 6) is -1.64. The zero-order chi connectivity index (χ0) is 18.3. The van der Waals surface area contributed by atoms with Crippen molar-refractivity contribution >= 4 is 29.0 Å². The topological polar surface area (TPSA) is 51.2 Å². The van der Waals surface area contributed by atoms with Gasteiger partial charge in [0.1, 0.15) is 0 Å². The monoisotopic (exact) mass is 366 g/mol. The molecule has 2 aromatic carbocycles. The van der Waals surface area contributed by atoms with Crippen molar-refractivity contribution in [2.24, 2.45) is 11.8 Å². The molecular formula is C22H19ClO3. The zero-order valence-corrected chi connectivity index (χ0v) is 15.0. The molecule has 0 N–H and O–H groups in total. The van der Waals surface area contributed by atoms with E-state index in [1.54, 1.807) is 24.3 Å². The normalized spacial score (nSPS) is 25.9. The number of ketones is 3. The van der Waals surface area contributed by atoms with E-state index in [-0.39, 0.29) is 17.3 Å². The van der Waals surface area contributed by atoms with E-state index in [2.05, 4.69) is 0 Å². The Morgan fingerprint density at radius 3 is 2.00 bits per heavy atom. The summed E-state index contributed by atoms with van der Waals surface area (Å²) in [5.41, 5.74) is 1.91. The molecule has 132 valence electrons. The van der Waals surface area contributed by atoms with Crippen molar-refractivity contribution < 1.29 is 14.4 Å². The number of halogens is 1. The van der Waals surface area contributed by atoms with Crippen LogP contribution < -0.4 is 0 Å². The Balaban J connectivity index is 1.52. The minimum absolute atomic E-state index is 0.0455. The zero-order valence-electron chi connectivity index (χ0n) is 14.3. The molecule has 4 rings (SSSR count). The molecule has 0 aromatic heterocycles. The number of hydrogen-bond donors (Lipinski definition) is 0. The molecule has 4 heteroatoms. The van der Waals surface area contributed by atoms with E-state index in [0.29, 0.717) is 11.5 Å².